The van der Waals surface area contributed by atoms with Crippen molar-refractivity contribution in [1.29, 1.82) is 0 Å². The van der Waals surface area contributed by atoms with E-state index in [1.54, 1.807) is 0 Å². The zero-order valence-corrected chi connectivity index (χ0v) is 12.3. The number of piperidine rings is 1. The maximum atomic E-state index is 5.88. The number of rotatable bonds is 4. The van der Waals surface area contributed by atoms with Crippen molar-refractivity contribution in [1.82, 2.24) is 9.88 Å². The summed E-state index contributed by atoms with van der Waals surface area (Å²) in [5.74, 6) is 0.759. The summed E-state index contributed by atoms with van der Waals surface area (Å²) in [7, 11) is 0. The van der Waals surface area contributed by atoms with Crippen molar-refractivity contribution in [3.05, 3.63) is 28.5 Å². The van der Waals surface area contributed by atoms with Crippen LogP contribution < -0.4 is 0 Å². The highest BCUT2D eigenvalue weighted by atomic mass is 79.9. The lowest BCUT2D eigenvalue weighted by Crippen LogP contribution is -2.39. The number of hydrogen-bond acceptors (Lipinski definition) is 2. The normalized spacial score (nSPS) is 21.6. The predicted molar refractivity (Wildman–Crippen MR) is 75.3 cm³/mol. The quantitative estimate of drug-likeness (QED) is 0.785. The summed E-state index contributed by atoms with van der Waals surface area (Å²) in [6.07, 6.45) is 6.89. The molecular weight excluding hydrogens is 300 g/mol. The minimum atomic E-state index is 0.645. The second kappa shape index (κ2) is 6.72. The largest absolute Gasteiger partial charge is 0.295 e. The first-order chi connectivity index (χ1) is 8.29. The van der Waals surface area contributed by atoms with Gasteiger partial charge in [-0.15, -0.1) is 11.6 Å². The van der Waals surface area contributed by atoms with Crippen LogP contribution >= 0.6 is 27.5 Å². The van der Waals surface area contributed by atoms with Crippen LogP contribution in [0.4, 0.5) is 0 Å². The molecule has 0 aliphatic carbocycles. The second-order valence-corrected chi connectivity index (χ2v) is 5.86. The van der Waals surface area contributed by atoms with Crippen LogP contribution in [0.1, 0.15) is 31.4 Å². The van der Waals surface area contributed by atoms with Gasteiger partial charge in [0.1, 0.15) is 0 Å². The van der Waals surface area contributed by atoms with E-state index >= 15 is 0 Å². The summed E-state index contributed by atoms with van der Waals surface area (Å²) < 4.78 is 1.04. The van der Waals surface area contributed by atoms with E-state index in [-0.39, 0.29) is 0 Å². The Labute approximate surface area is 116 Å². The number of alkyl halides is 1. The van der Waals surface area contributed by atoms with Crippen LogP contribution in [-0.2, 0) is 6.54 Å². The molecule has 1 aliphatic heterocycles. The lowest BCUT2D eigenvalue weighted by molar-refractivity contribution is 0.135. The molecule has 17 heavy (non-hydrogen) atoms. The number of nitrogens with zero attached hydrogens (tertiary/aromatic N) is 2. The van der Waals surface area contributed by atoms with Crippen LogP contribution in [-0.4, -0.2) is 28.4 Å². The van der Waals surface area contributed by atoms with Gasteiger partial charge >= 0.3 is 0 Å². The molecule has 0 amide bonds. The Bertz CT molecular complexity index is 340. The van der Waals surface area contributed by atoms with Crippen LogP contribution in [0.5, 0.6) is 0 Å². The average Bonchev–Trinajstić information content (AvgIpc) is 2.35. The average molecular weight is 318 g/mol. The fourth-order valence-corrected chi connectivity index (χ4v) is 2.92. The number of pyridine rings is 1. The third kappa shape index (κ3) is 3.94. The van der Waals surface area contributed by atoms with Crippen molar-refractivity contribution in [3.63, 3.8) is 0 Å². The molecule has 2 heterocycles. The SMILES string of the molecule is ClCCC1CCCCN1Cc1ccc(Br)cn1. The molecule has 94 valence electrons. The van der Waals surface area contributed by atoms with E-state index in [0.29, 0.717) is 6.04 Å². The van der Waals surface area contributed by atoms with Gasteiger partial charge in [-0.05, 0) is 53.9 Å². The van der Waals surface area contributed by atoms with E-state index < -0.39 is 0 Å². The van der Waals surface area contributed by atoms with Crippen molar-refractivity contribution in [2.45, 2.75) is 38.3 Å². The highest BCUT2D eigenvalue weighted by Crippen LogP contribution is 2.22. The summed E-state index contributed by atoms with van der Waals surface area (Å²) in [5.41, 5.74) is 1.15. The molecule has 0 bridgehead atoms. The van der Waals surface area contributed by atoms with Crippen LogP contribution in [0, 0.1) is 0 Å². The van der Waals surface area contributed by atoms with Gasteiger partial charge in [-0.2, -0.15) is 0 Å². The topological polar surface area (TPSA) is 16.1 Å². The predicted octanol–water partition coefficient (Wildman–Crippen LogP) is 3.83. The molecule has 2 rings (SSSR count). The van der Waals surface area contributed by atoms with Gasteiger partial charge in [0.25, 0.3) is 0 Å². The molecule has 1 aliphatic rings. The highest BCUT2D eigenvalue weighted by Gasteiger charge is 2.21. The molecule has 1 aromatic heterocycles. The third-order valence-electron chi connectivity index (χ3n) is 3.35. The zero-order chi connectivity index (χ0) is 12.1. The van der Waals surface area contributed by atoms with Gasteiger partial charge in [0.05, 0.1) is 5.69 Å². The molecule has 0 radical (unpaired) electrons. The summed E-state index contributed by atoms with van der Waals surface area (Å²) >= 11 is 9.29. The van der Waals surface area contributed by atoms with Gasteiger partial charge < -0.3 is 0 Å². The van der Waals surface area contributed by atoms with E-state index in [9.17, 15) is 0 Å². The Morgan fingerprint density at radius 2 is 2.29 bits per heavy atom. The first-order valence-corrected chi connectivity index (χ1v) is 7.53. The molecule has 1 unspecified atom stereocenters. The first kappa shape index (κ1) is 13.3. The van der Waals surface area contributed by atoms with Gasteiger partial charge in [0.2, 0.25) is 0 Å². The van der Waals surface area contributed by atoms with Crippen molar-refractivity contribution in [3.8, 4) is 0 Å². The lowest BCUT2D eigenvalue weighted by atomic mass is 10.00. The summed E-state index contributed by atoms with van der Waals surface area (Å²) in [6.45, 7) is 2.13. The smallest absolute Gasteiger partial charge is 0.0544 e. The number of hydrogen-bond donors (Lipinski definition) is 0. The summed E-state index contributed by atoms with van der Waals surface area (Å²) in [4.78, 5) is 6.98. The monoisotopic (exact) mass is 316 g/mol. The molecule has 1 aromatic rings. The minimum absolute atomic E-state index is 0.645. The molecule has 1 saturated heterocycles. The van der Waals surface area contributed by atoms with Crippen LogP contribution in [0.15, 0.2) is 22.8 Å². The number of aromatic nitrogens is 1. The molecule has 0 saturated carbocycles. The number of halogens is 2. The van der Waals surface area contributed by atoms with E-state index in [2.05, 4.69) is 37.9 Å². The molecule has 0 aromatic carbocycles. The summed E-state index contributed by atoms with van der Waals surface area (Å²) in [5, 5.41) is 0. The van der Waals surface area contributed by atoms with Crippen molar-refractivity contribution in [2.75, 3.05) is 12.4 Å². The molecule has 1 atom stereocenters. The van der Waals surface area contributed by atoms with Gasteiger partial charge in [-0.3, -0.25) is 9.88 Å². The third-order valence-corrected chi connectivity index (χ3v) is 4.03. The van der Waals surface area contributed by atoms with Gasteiger partial charge in [-0.25, -0.2) is 0 Å². The van der Waals surface area contributed by atoms with Crippen LogP contribution in [0.3, 0.4) is 0 Å². The molecule has 2 nitrogen and oxygen atoms in total. The Balaban J connectivity index is 1.97. The highest BCUT2D eigenvalue weighted by molar-refractivity contribution is 9.10. The zero-order valence-electron chi connectivity index (χ0n) is 9.91. The van der Waals surface area contributed by atoms with Crippen molar-refractivity contribution < 1.29 is 0 Å². The number of likely N-dealkylation sites (tertiary alicyclic amines) is 1. The standard InChI is InChI=1S/C13H18BrClN2/c14-11-4-5-12(16-9-11)10-17-8-2-1-3-13(17)6-7-15/h4-5,9,13H,1-3,6-8,10H2. The van der Waals surface area contributed by atoms with Gasteiger partial charge in [0, 0.05) is 29.1 Å². The van der Waals surface area contributed by atoms with Crippen molar-refractivity contribution in [2.24, 2.45) is 0 Å². The maximum Gasteiger partial charge on any atom is 0.0544 e. The van der Waals surface area contributed by atoms with Crippen LogP contribution in [0.25, 0.3) is 0 Å². The van der Waals surface area contributed by atoms with E-state index in [1.807, 2.05) is 6.20 Å². The fourth-order valence-electron chi connectivity index (χ4n) is 2.43. The molecule has 1 fully saturated rings. The van der Waals surface area contributed by atoms with Gasteiger partial charge in [0.15, 0.2) is 0 Å². The second-order valence-electron chi connectivity index (χ2n) is 4.57. The fraction of sp³-hybridized carbons (Fsp3) is 0.615. The van der Waals surface area contributed by atoms with Gasteiger partial charge in [-0.1, -0.05) is 6.42 Å². The van der Waals surface area contributed by atoms with Crippen molar-refractivity contribution >= 4 is 27.5 Å². The molecule has 0 spiro atoms. The Kier molecular flexibility index (Phi) is 5.26. The first-order valence-electron chi connectivity index (χ1n) is 6.20. The lowest BCUT2D eigenvalue weighted by Gasteiger charge is -2.35. The Morgan fingerprint density at radius 1 is 1.41 bits per heavy atom. The Hall–Kier alpha value is -0.120. The van der Waals surface area contributed by atoms with Crippen LogP contribution in [0.2, 0.25) is 0 Å². The minimum Gasteiger partial charge on any atom is -0.295 e. The van der Waals surface area contributed by atoms with E-state index in [4.69, 9.17) is 11.6 Å². The molecule has 0 N–H and O–H groups in total. The van der Waals surface area contributed by atoms with E-state index in [0.717, 1.165) is 29.0 Å². The van der Waals surface area contributed by atoms with E-state index in [1.165, 1.54) is 25.8 Å². The molecular formula is C13H18BrClN2. The molecule has 4 heteroatoms. The summed E-state index contributed by atoms with van der Waals surface area (Å²) in [6, 6.07) is 4.80. The Morgan fingerprint density at radius 3 is 3.00 bits per heavy atom. The maximum absolute atomic E-state index is 5.88.